The fourth-order valence-corrected chi connectivity index (χ4v) is 1.80. The average molecular weight is 237 g/mol. The van der Waals surface area contributed by atoms with E-state index in [-0.39, 0.29) is 5.75 Å². The van der Waals surface area contributed by atoms with Gasteiger partial charge in [0.05, 0.1) is 0 Å². The van der Waals surface area contributed by atoms with E-state index in [0.29, 0.717) is 5.69 Å². The lowest BCUT2D eigenvalue weighted by atomic mass is 10.2. The van der Waals surface area contributed by atoms with Crippen molar-refractivity contribution in [1.82, 2.24) is 4.98 Å². The van der Waals surface area contributed by atoms with E-state index in [4.69, 9.17) is 0 Å². The van der Waals surface area contributed by atoms with Crippen molar-refractivity contribution < 1.29 is 5.11 Å². The number of hydrogen-bond acceptors (Lipinski definition) is 3. The van der Waals surface area contributed by atoms with E-state index in [1.54, 1.807) is 24.4 Å². The lowest BCUT2D eigenvalue weighted by Gasteiger charge is -1.95. The zero-order valence-corrected chi connectivity index (χ0v) is 9.54. The summed E-state index contributed by atoms with van der Waals surface area (Å²) >= 11 is 0. The molecule has 0 amide bonds. The molecule has 2 N–H and O–H groups in total. The van der Waals surface area contributed by atoms with Crippen LogP contribution in [-0.2, 0) is 0 Å². The first kappa shape index (κ1) is 10.5. The van der Waals surface area contributed by atoms with E-state index >= 15 is 0 Å². The number of fused-ring (bicyclic) bond motifs is 1. The van der Waals surface area contributed by atoms with Crippen molar-refractivity contribution in [3.8, 4) is 5.75 Å². The first-order valence-electron chi connectivity index (χ1n) is 5.60. The van der Waals surface area contributed by atoms with E-state index in [1.165, 1.54) is 0 Å². The van der Waals surface area contributed by atoms with Crippen molar-refractivity contribution in [2.24, 2.45) is 10.2 Å². The van der Waals surface area contributed by atoms with Gasteiger partial charge in [0.1, 0.15) is 17.1 Å². The van der Waals surface area contributed by atoms with Crippen LogP contribution in [0.5, 0.6) is 5.75 Å². The highest BCUT2D eigenvalue weighted by Gasteiger charge is 2.02. The second kappa shape index (κ2) is 4.33. The Morgan fingerprint density at radius 2 is 1.56 bits per heavy atom. The number of phenols is 1. The molecule has 88 valence electrons. The molecule has 0 fully saturated rings. The van der Waals surface area contributed by atoms with Crippen LogP contribution in [0.25, 0.3) is 10.9 Å². The van der Waals surface area contributed by atoms with Crippen LogP contribution in [0.1, 0.15) is 0 Å². The smallest absolute Gasteiger partial charge is 0.143 e. The summed E-state index contributed by atoms with van der Waals surface area (Å²) in [4.78, 5) is 3.12. The minimum Gasteiger partial charge on any atom is -0.506 e. The Morgan fingerprint density at radius 1 is 0.833 bits per heavy atom. The summed E-state index contributed by atoms with van der Waals surface area (Å²) in [6, 6.07) is 14.7. The van der Waals surface area contributed by atoms with Crippen LogP contribution in [0.15, 0.2) is 65.0 Å². The second-order valence-corrected chi connectivity index (χ2v) is 3.91. The molecule has 1 heterocycles. The lowest BCUT2D eigenvalue weighted by molar-refractivity contribution is 0.476. The molecule has 0 aliphatic heterocycles. The standard InChI is InChI=1S/C14H11N3O/c18-14-8-4-3-7-12(14)16-17-13-9-15-11-6-2-1-5-10(11)13/h1-9,15,18H. The van der Waals surface area contributed by atoms with Gasteiger partial charge in [-0.2, -0.15) is 0 Å². The number of phenolic OH excluding ortho intramolecular Hbond substituents is 1. The zero-order chi connectivity index (χ0) is 12.4. The topological polar surface area (TPSA) is 60.7 Å². The highest BCUT2D eigenvalue weighted by Crippen LogP contribution is 2.30. The largest absolute Gasteiger partial charge is 0.506 e. The summed E-state index contributed by atoms with van der Waals surface area (Å²) in [5.41, 5.74) is 2.24. The normalized spacial score (nSPS) is 11.3. The van der Waals surface area contributed by atoms with Gasteiger partial charge < -0.3 is 10.1 Å². The number of aromatic nitrogens is 1. The van der Waals surface area contributed by atoms with Gasteiger partial charge in [-0.1, -0.05) is 30.3 Å². The van der Waals surface area contributed by atoms with Crippen molar-refractivity contribution in [2.75, 3.05) is 0 Å². The molecule has 0 aliphatic carbocycles. The molecule has 2 aromatic carbocycles. The molecule has 0 spiro atoms. The monoisotopic (exact) mass is 237 g/mol. The zero-order valence-electron chi connectivity index (χ0n) is 9.54. The van der Waals surface area contributed by atoms with Crippen LogP contribution < -0.4 is 0 Å². The van der Waals surface area contributed by atoms with Crippen LogP contribution in [0.2, 0.25) is 0 Å². The molecule has 1 aromatic heterocycles. The van der Waals surface area contributed by atoms with E-state index < -0.39 is 0 Å². The summed E-state index contributed by atoms with van der Waals surface area (Å²) in [6.45, 7) is 0. The molecule has 4 heteroatoms. The molecule has 0 unspecified atom stereocenters. The van der Waals surface area contributed by atoms with Gasteiger partial charge in [-0.25, -0.2) is 0 Å². The Morgan fingerprint density at radius 3 is 2.44 bits per heavy atom. The number of azo groups is 1. The Balaban J connectivity index is 2.00. The SMILES string of the molecule is Oc1ccccc1N=Nc1c[nH]c2ccccc12. The van der Waals surface area contributed by atoms with Crippen LogP contribution in [0.4, 0.5) is 11.4 Å². The predicted octanol–water partition coefficient (Wildman–Crippen LogP) is 4.29. The van der Waals surface area contributed by atoms with Crippen LogP contribution >= 0.6 is 0 Å². The number of rotatable bonds is 2. The Hall–Kier alpha value is -2.62. The molecule has 0 saturated carbocycles. The van der Waals surface area contributed by atoms with E-state index in [2.05, 4.69) is 15.2 Å². The van der Waals surface area contributed by atoms with Gasteiger partial charge in [-0.3, -0.25) is 0 Å². The Kier molecular flexibility index (Phi) is 2.53. The van der Waals surface area contributed by atoms with Gasteiger partial charge in [-0.15, -0.1) is 10.2 Å². The summed E-state index contributed by atoms with van der Waals surface area (Å²) in [7, 11) is 0. The minimum absolute atomic E-state index is 0.126. The second-order valence-electron chi connectivity index (χ2n) is 3.91. The minimum atomic E-state index is 0.126. The highest BCUT2D eigenvalue weighted by molar-refractivity contribution is 5.90. The van der Waals surface area contributed by atoms with E-state index in [1.807, 2.05) is 30.3 Å². The first-order chi connectivity index (χ1) is 8.84. The molecular weight excluding hydrogens is 226 g/mol. The summed E-state index contributed by atoms with van der Waals surface area (Å²) in [5.74, 6) is 0.126. The highest BCUT2D eigenvalue weighted by atomic mass is 16.3. The van der Waals surface area contributed by atoms with Gasteiger partial charge in [0.25, 0.3) is 0 Å². The average Bonchev–Trinajstić information content (AvgIpc) is 2.81. The summed E-state index contributed by atoms with van der Waals surface area (Å²) in [5, 5.41) is 18.8. The molecule has 0 radical (unpaired) electrons. The number of para-hydroxylation sites is 2. The predicted molar refractivity (Wildman–Crippen MR) is 70.6 cm³/mol. The van der Waals surface area contributed by atoms with Crippen molar-refractivity contribution in [3.05, 3.63) is 54.7 Å². The first-order valence-corrected chi connectivity index (χ1v) is 5.60. The lowest BCUT2D eigenvalue weighted by Crippen LogP contribution is -1.66. The van der Waals surface area contributed by atoms with Crippen molar-refractivity contribution in [2.45, 2.75) is 0 Å². The molecule has 0 atom stereocenters. The maximum atomic E-state index is 9.59. The molecule has 0 aliphatic rings. The number of nitrogens with one attached hydrogen (secondary N) is 1. The number of aromatic hydroxyl groups is 1. The third-order valence-corrected chi connectivity index (χ3v) is 2.71. The molecule has 3 rings (SSSR count). The van der Waals surface area contributed by atoms with Crippen molar-refractivity contribution in [1.29, 1.82) is 0 Å². The van der Waals surface area contributed by atoms with E-state index in [0.717, 1.165) is 16.6 Å². The van der Waals surface area contributed by atoms with Gasteiger partial charge in [0.15, 0.2) is 0 Å². The number of nitrogens with zero attached hydrogens (tertiary/aromatic N) is 2. The van der Waals surface area contributed by atoms with Crippen molar-refractivity contribution >= 4 is 22.3 Å². The fourth-order valence-electron chi connectivity index (χ4n) is 1.80. The molecule has 3 aromatic rings. The quantitative estimate of drug-likeness (QED) is 0.642. The van der Waals surface area contributed by atoms with Crippen LogP contribution in [0, 0.1) is 0 Å². The molecule has 4 nitrogen and oxygen atoms in total. The molecule has 18 heavy (non-hydrogen) atoms. The number of aromatic amines is 1. The molecular formula is C14H11N3O. The van der Waals surface area contributed by atoms with E-state index in [9.17, 15) is 5.11 Å². The van der Waals surface area contributed by atoms with Crippen molar-refractivity contribution in [3.63, 3.8) is 0 Å². The number of benzene rings is 2. The van der Waals surface area contributed by atoms with Gasteiger partial charge in [0.2, 0.25) is 0 Å². The third-order valence-electron chi connectivity index (χ3n) is 2.71. The fraction of sp³-hybridized carbons (Fsp3) is 0. The summed E-state index contributed by atoms with van der Waals surface area (Å²) < 4.78 is 0. The molecule has 0 bridgehead atoms. The maximum absolute atomic E-state index is 9.59. The van der Waals surface area contributed by atoms with Gasteiger partial charge >= 0.3 is 0 Å². The number of H-pyrrole nitrogens is 1. The Bertz CT molecular complexity index is 716. The maximum Gasteiger partial charge on any atom is 0.143 e. The van der Waals surface area contributed by atoms with Crippen LogP contribution in [0.3, 0.4) is 0 Å². The Labute approximate surface area is 104 Å². The van der Waals surface area contributed by atoms with Gasteiger partial charge in [0, 0.05) is 17.1 Å². The molecule has 0 saturated heterocycles. The number of hydrogen-bond donors (Lipinski definition) is 2. The van der Waals surface area contributed by atoms with Crippen LogP contribution in [-0.4, -0.2) is 10.1 Å². The summed E-state index contributed by atoms with van der Waals surface area (Å²) in [6.07, 6.45) is 1.80. The van der Waals surface area contributed by atoms with Gasteiger partial charge in [-0.05, 0) is 18.2 Å². The third kappa shape index (κ3) is 1.84.